The van der Waals surface area contributed by atoms with Gasteiger partial charge in [-0.25, -0.2) is 21.8 Å². The predicted octanol–water partition coefficient (Wildman–Crippen LogP) is 0.578. The van der Waals surface area contributed by atoms with Gasteiger partial charge in [-0.1, -0.05) is 18.2 Å². The summed E-state index contributed by atoms with van der Waals surface area (Å²) in [5.74, 6) is -0.643. The van der Waals surface area contributed by atoms with E-state index in [4.69, 9.17) is 17.2 Å². The molecule has 1 aliphatic carbocycles. The fourth-order valence-electron chi connectivity index (χ4n) is 5.63. The maximum absolute atomic E-state index is 13.7. The van der Waals surface area contributed by atoms with Crippen LogP contribution in [-0.2, 0) is 20.2 Å². The molecule has 0 spiro atoms. The van der Waals surface area contributed by atoms with Crippen molar-refractivity contribution in [3.63, 3.8) is 0 Å². The van der Waals surface area contributed by atoms with E-state index in [0.29, 0.717) is 56.9 Å². The Morgan fingerprint density at radius 2 is 1.43 bits per heavy atom. The van der Waals surface area contributed by atoms with E-state index in [1.165, 1.54) is 12.1 Å². The van der Waals surface area contributed by atoms with Gasteiger partial charge in [0.15, 0.2) is 0 Å². The van der Waals surface area contributed by atoms with E-state index < -0.39 is 64.0 Å². The van der Waals surface area contributed by atoms with Gasteiger partial charge in [0, 0.05) is 11.3 Å². The number of anilines is 4. The minimum absolute atomic E-state index is 0. The Balaban J connectivity index is 0.00000320. The third-order valence-electron chi connectivity index (χ3n) is 8.47. The zero-order chi connectivity index (χ0) is 39.9. The number of imidazole rings is 1. The van der Waals surface area contributed by atoms with E-state index in [9.17, 15) is 30.7 Å². The SMILES string of the molecule is Cc1cc(N=Nc2ccc3[nH]c(-c4ccc(N=Nc5c(S(=O)(=O)[O-])cc6c(c5N)C(=O)/C(=N/Nc5ccccc5)C(S(=O)(=O)[O-])=C6)cc4)nc3c2)c(N)cc1N.[Na+].[Na+]. The number of hydrazone groups is 1. The number of aromatic nitrogens is 2. The van der Waals surface area contributed by atoms with Gasteiger partial charge in [-0.15, -0.1) is 10.2 Å². The molecule has 0 atom stereocenters. The fourth-order valence-corrected chi connectivity index (χ4v) is 6.94. The molecule has 22 heteroatoms. The van der Waals surface area contributed by atoms with Gasteiger partial charge in [-0.3, -0.25) is 10.2 Å². The number of hydrogen-bond acceptors (Lipinski definition) is 17. The molecule has 1 aliphatic rings. The van der Waals surface area contributed by atoms with Crippen molar-refractivity contribution in [2.75, 3.05) is 22.6 Å². The third kappa shape index (κ3) is 9.26. The summed E-state index contributed by atoms with van der Waals surface area (Å²) in [5.41, 5.74) is 23.0. The molecule has 0 bridgehead atoms. The number of carbonyl (C=O) groups excluding carboxylic acids is 1. The van der Waals surface area contributed by atoms with Crippen molar-refractivity contribution in [1.82, 2.24) is 9.97 Å². The normalized spacial score (nSPS) is 13.7. The van der Waals surface area contributed by atoms with Crippen LogP contribution in [0.25, 0.3) is 28.5 Å². The third-order valence-corrected chi connectivity index (χ3v) is 10.2. The molecule has 282 valence electrons. The number of nitrogen functional groups attached to an aromatic ring is 3. The van der Waals surface area contributed by atoms with Gasteiger partial charge in [-0.05, 0) is 96.9 Å². The number of nitrogens with two attached hydrogens (primary N) is 3. The fraction of sp³-hybridized carbons (Fsp3) is 0.0278. The summed E-state index contributed by atoms with van der Waals surface area (Å²) < 4.78 is 73.6. The van der Waals surface area contributed by atoms with Gasteiger partial charge in [0.25, 0.3) is 0 Å². The second-order valence-electron chi connectivity index (χ2n) is 12.3. The molecule has 0 saturated carbocycles. The van der Waals surface area contributed by atoms with Gasteiger partial charge in [0.1, 0.15) is 43.1 Å². The topological polar surface area (TPSA) is 312 Å². The van der Waals surface area contributed by atoms with E-state index in [1.54, 1.807) is 72.8 Å². The molecule has 0 aliphatic heterocycles. The smallest absolute Gasteiger partial charge is 0.744 e. The molecule has 0 fully saturated rings. The van der Waals surface area contributed by atoms with Crippen LogP contribution in [0.3, 0.4) is 0 Å². The predicted molar refractivity (Wildman–Crippen MR) is 208 cm³/mol. The Morgan fingerprint density at radius 1 is 0.759 bits per heavy atom. The number of aromatic amines is 1. The molecule has 8 N–H and O–H groups in total. The van der Waals surface area contributed by atoms with Crippen molar-refractivity contribution in [2.45, 2.75) is 11.8 Å². The number of para-hydroxylation sites is 1. The number of allylic oxidation sites excluding steroid dienone is 1. The molecule has 0 saturated heterocycles. The van der Waals surface area contributed by atoms with Crippen molar-refractivity contribution >= 4 is 94.3 Å². The number of nitrogens with one attached hydrogen (secondary N) is 2. The Labute approximate surface area is 374 Å². The molecule has 0 amide bonds. The molecule has 0 unspecified atom stereocenters. The minimum Gasteiger partial charge on any atom is -0.744 e. The average molecular weight is 836 g/mol. The Bertz CT molecular complexity index is 2960. The van der Waals surface area contributed by atoms with Crippen molar-refractivity contribution in [1.29, 1.82) is 0 Å². The van der Waals surface area contributed by atoms with E-state index >= 15 is 0 Å². The molecular weight excluding hydrogens is 809 g/mol. The first-order valence-corrected chi connectivity index (χ1v) is 19.0. The quantitative estimate of drug-likeness (QED) is 0.0439. The van der Waals surface area contributed by atoms with E-state index in [0.717, 1.165) is 11.6 Å². The Morgan fingerprint density at radius 3 is 2.10 bits per heavy atom. The number of ketones is 1. The number of rotatable bonds is 9. The van der Waals surface area contributed by atoms with Crippen LogP contribution < -0.4 is 81.7 Å². The Hall–Kier alpha value is -5.13. The van der Waals surface area contributed by atoms with Crippen LogP contribution in [0.15, 0.2) is 126 Å². The van der Waals surface area contributed by atoms with E-state index in [-0.39, 0.29) is 64.8 Å². The largest absolute Gasteiger partial charge is 1.00 e. The number of hydrogen-bond donors (Lipinski definition) is 5. The van der Waals surface area contributed by atoms with Crippen molar-refractivity contribution in [3.05, 3.63) is 113 Å². The van der Waals surface area contributed by atoms with E-state index in [2.05, 4.69) is 41.0 Å². The van der Waals surface area contributed by atoms with Crippen molar-refractivity contribution < 1.29 is 89.9 Å². The van der Waals surface area contributed by atoms with Crippen LogP contribution in [-0.4, -0.2) is 47.4 Å². The average Bonchev–Trinajstić information content (AvgIpc) is 3.58. The van der Waals surface area contributed by atoms with E-state index in [1.807, 2.05) is 6.92 Å². The van der Waals surface area contributed by atoms with Gasteiger partial charge in [0.2, 0.25) is 5.78 Å². The van der Waals surface area contributed by atoms with Crippen LogP contribution in [0, 0.1) is 6.92 Å². The number of fused-ring (bicyclic) bond motifs is 2. The van der Waals surface area contributed by atoms with Crippen LogP contribution >= 0.6 is 0 Å². The molecule has 5 aromatic carbocycles. The number of azo groups is 2. The summed E-state index contributed by atoms with van der Waals surface area (Å²) in [6.07, 6.45) is 0.719. The number of carbonyl (C=O) groups is 1. The summed E-state index contributed by atoms with van der Waals surface area (Å²) in [6.45, 7) is 1.84. The summed E-state index contributed by atoms with van der Waals surface area (Å²) in [4.78, 5) is 19.5. The van der Waals surface area contributed by atoms with Gasteiger partial charge >= 0.3 is 59.1 Å². The first-order valence-electron chi connectivity index (χ1n) is 16.2. The second-order valence-corrected chi connectivity index (χ2v) is 15.0. The monoisotopic (exact) mass is 835 g/mol. The van der Waals surface area contributed by atoms with Gasteiger partial charge in [-0.2, -0.15) is 15.3 Å². The molecule has 0 radical (unpaired) electrons. The maximum Gasteiger partial charge on any atom is 1.00 e. The first-order chi connectivity index (χ1) is 26.6. The zero-order valence-corrected chi connectivity index (χ0v) is 36.5. The molecule has 58 heavy (non-hydrogen) atoms. The van der Waals surface area contributed by atoms with Crippen LogP contribution in [0.5, 0.6) is 0 Å². The summed E-state index contributed by atoms with van der Waals surface area (Å²) in [6, 6.07) is 23.8. The molecule has 1 aromatic heterocycles. The van der Waals surface area contributed by atoms with Gasteiger partial charge < -0.3 is 31.3 Å². The summed E-state index contributed by atoms with van der Waals surface area (Å²) in [7, 11) is -10.7. The molecular formula is C36H27N11Na2O7S2. The number of nitrogens with zero attached hydrogens (tertiary/aromatic N) is 6. The van der Waals surface area contributed by atoms with Crippen LogP contribution in [0.2, 0.25) is 0 Å². The molecule has 1 heterocycles. The summed E-state index contributed by atoms with van der Waals surface area (Å²) >= 11 is 0. The number of Topliss-reactive ketones (excluding diaryl/α,β-unsaturated/α-hetero) is 1. The van der Waals surface area contributed by atoms with Crippen molar-refractivity contribution in [3.8, 4) is 11.4 Å². The van der Waals surface area contributed by atoms with Crippen molar-refractivity contribution in [2.24, 2.45) is 25.6 Å². The number of H-pyrrole nitrogens is 1. The summed E-state index contributed by atoms with van der Waals surface area (Å²) in [5, 5.41) is 20.4. The minimum atomic E-state index is -5.34. The number of aryl methyl sites for hydroxylation is 1. The molecule has 7 rings (SSSR count). The number of benzene rings is 5. The Kier molecular flexibility index (Phi) is 13.2. The first kappa shape index (κ1) is 44.0. The second kappa shape index (κ2) is 17.4. The maximum atomic E-state index is 13.7. The standard InChI is InChI=1S/C36H29N11O7S2.2Na/c1-18-13-27(25(38)17-24(18)37)45-44-23-11-12-26-28(16-23)41-36(40-26)19-7-9-22(10-8-19)43-46-33-29(55(49,50)51)14-20-15-30(56(52,53)54)34(35(48)31(20)32(33)39)47-42-21-5-3-2-4-6-21;;/h2-17,42H,37-39H2,1H3,(H,40,41)(H,49,50,51)(H,52,53,54);;/q;2*+1/p-2/b45-44?,46-43?,47-34+;;. The molecule has 6 aromatic rings. The zero-order valence-electron chi connectivity index (χ0n) is 30.8. The van der Waals surface area contributed by atoms with Crippen LogP contribution in [0.1, 0.15) is 21.5 Å². The molecule has 18 nitrogen and oxygen atoms in total. The van der Waals surface area contributed by atoms with Gasteiger partial charge in [0.05, 0.1) is 54.8 Å². The van der Waals surface area contributed by atoms with Crippen LogP contribution in [0.4, 0.5) is 45.5 Å².